The molecule has 1 heterocycles. The lowest BCUT2D eigenvalue weighted by Crippen LogP contribution is -1.83. The highest BCUT2D eigenvalue weighted by Crippen LogP contribution is 2.39. The minimum Gasteiger partial charge on any atom is -0.205 e. The van der Waals surface area contributed by atoms with Crippen LogP contribution in [0.4, 0.5) is 8.78 Å². The van der Waals surface area contributed by atoms with Gasteiger partial charge in [-0.25, -0.2) is 8.78 Å². The van der Waals surface area contributed by atoms with E-state index in [1.165, 1.54) is 16.7 Å². The van der Waals surface area contributed by atoms with Gasteiger partial charge in [-0.3, -0.25) is 0 Å². The van der Waals surface area contributed by atoms with E-state index in [0.29, 0.717) is 10.4 Å². The lowest BCUT2D eigenvalue weighted by Gasteiger charge is -2.01. The summed E-state index contributed by atoms with van der Waals surface area (Å²) in [6.45, 7) is 0. The van der Waals surface area contributed by atoms with Gasteiger partial charge in [0.25, 0.3) is 6.43 Å². The number of hydrogen-bond acceptors (Lipinski definition) is 1. The highest BCUT2D eigenvalue weighted by molar-refractivity contribution is 14.1. The summed E-state index contributed by atoms with van der Waals surface area (Å²) in [5.74, 6) is 0. The molecule has 0 aliphatic heterocycles. The van der Waals surface area contributed by atoms with E-state index in [-0.39, 0.29) is 5.56 Å². The normalized spacial score (nSPS) is 11.5. The number of fused-ring (bicyclic) bond motifs is 1. The SMILES string of the molecule is FC(F)c1csc2ccc(I)c(Cl)c12. The van der Waals surface area contributed by atoms with E-state index in [0.717, 1.165) is 8.27 Å². The van der Waals surface area contributed by atoms with Crippen LogP contribution in [-0.2, 0) is 0 Å². The first kappa shape index (κ1) is 10.6. The molecule has 0 fully saturated rings. The van der Waals surface area contributed by atoms with Crippen LogP contribution in [0.3, 0.4) is 0 Å². The smallest absolute Gasteiger partial charge is 0.205 e. The van der Waals surface area contributed by atoms with E-state index in [9.17, 15) is 8.78 Å². The van der Waals surface area contributed by atoms with Gasteiger partial charge in [0.15, 0.2) is 0 Å². The maximum Gasteiger partial charge on any atom is 0.265 e. The van der Waals surface area contributed by atoms with Gasteiger partial charge in [0.1, 0.15) is 0 Å². The first-order valence-electron chi connectivity index (χ1n) is 3.74. The fourth-order valence-electron chi connectivity index (χ4n) is 1.25. The van der Waals surface area contributed by atoms with Crippen LogP contribution in [0, 0.1) is 3.57 Å². The Labute approximate surface area is 102 Å². The van der Waals surface area contributed by atoms with Crippen molar-refractivity contribution >= 4 is 55.6 Å². The number of alkyl halides is 2. The molecule has 74 valence electrons. The van der Waals surface area contributed by atoms with Gasteiger partial charge in [-0.2, -0.15) is 0 Å². The molecule has 0 nitrogen and oxygen atoms in total. The van der Waals surface area contributed by atoms with Crippen molar-refractivity contribution in [2.24, 2.45) is 0 Å². The molecule has 0 N–H and O–H groups in total. The molecule has 0 atom stereocenters. The van der Waals surface area contributed by atoms with Gasteiger partial charge >= 0.3 is 0 Å². The lowest BCUT2D eigenvalue weighted by atomic mass is 10.2. The Bertz CT molecular complexity index is 481. The number of rotatable bonds is 1. The van der Waals surface area contributed by atoms with Gasteiger partial charge < -0.3 is 0 Å². The number of halogens is 4. The molecule has 0 saturated heterocycles. The summed E-state index contributed by atoms with van der Waals surface area (Å²) >= 11 is 9.32. The fourth-order valence-corrected chi connectivity index (χ4v) is 2.98. The monoisotopic (exact) mass is 344 g/mol. The summed E-state index contributed by atoms with van der Waals surface area (Å²) in [5, 5.41) is 2.40. The molecule has 0 amide bonds. The topological polar surface area (TPSA) is 0 Å². The van der Waals surface area contributed by atoms with Gasteiger partial charge in [-0.15, -0.1) is 11.3 Å². The predicted octanol–water partition coefficient (Wildman–Crippen LogP) is 5.10. The van der Waals surface area contributed by atoms with Crippen LogP contribution in [-0.4, -0.2) is 0 Å². The van der Waals surface area contributed by atoms with Gasteiger partial charge in [0.2, 0.25) is 0 Å². The second-order valence-electron chi connectivity index (χ2n) is 2.73. The van der Waals surface area contributed by atoms with Crippen LogP contribution in [0.2, 0.25) is 5.02 Å². The van der Waals surface area contributed by atoms with Crippen LogP contribution >= 0.6 is 45.5 Å². The quantitative estimate of drug-likeness (QED) is 0.632. The number of hydrogen-bond donors (Lipinski definition) is 0. The number of thiophene rings is 1. The zero-order chi connectivity index (χ0) is 10.3. The zero-order valence-electron chi connectivity index (χ0n) is 6.73. The minimum atomic E-state index is -2.46. The molecule has 0 saturated carbocycles. The third-order valence-electron chi connectivity index (χ3n) is 1.89. The van der Waals surface area contributed by atoms with Crippen molar-refractivity contribution in [2.75, 3.05) is 0 Å². The molecule has 1 aromatic heterocycles. The van der Waals surface area contributed by atoms with Crippen molar-refractivity contribution in [3.63, 3.8) is 0 Å². The van der Waals surface area contributed by atoms with Crippen LogP contribution in [0.5, 0.6) is 0 Å². The van der Waals surface area contributed by atoms with Crippen LogP contribution in [0.1, 0.15) is 12.0 Å². The summed E-state index contributed by atoms with van der Waals surface area (Å²) in [7, 11) is 0. The molecule has 0 aliphatic carbocycles. The van der Waals surface area contributed by atoms with Crippen LogP contribution < -0.4 is 0 Å². The van der Waals surface area contributed by atoms with Crippen LogP contribution in [0.15, 0.2) is 17.5 Å². The Kier molecular flexibility index (Phi) is 2.95. The third-order valence-corrected chi connectivity index (χ3v) is 4.47. The highest BCUT2D eigenvalue weighted by Gasteiger charge is 2.16. The maximum absolute atomic E-state index is 12.6. The molecular weight excluding hydrogens is 341 g/mol. The first-order chi connectivity index (χ1) is 6.61. The molecular formula is C9H4ClF2IS. The fraction of sp³-hybridized carbons (Fsp3) is 0.111. The largest absolute Gasteiger partial charge is 0.265 e. The molecule has 0 unspecified atom stereocenters. The summed E-state index contributed by atoms with van der Waals surface area (Å²) in [6.07, 6.45) is -2.46. The summed E-state index contributed by atoms with van der Waals surface area (Å²) < 4.78 is 26.8. The van der Waals surface area contributed by atoms with E-state index in [1.54, 1.807) is 0 Å². The molecule has 0 spiro atoms. The predicted molar refractivity (Wildman–Crippen MR) is 64.5 cm³/mol. The molecule has 2 aromatic rings. The van der Waals surface area contributed by atoms with Crippen LogP contribution in [0.25, 0.3) is 10.1 Å². The van der Waals surface area contributed by atoms with Crippen molar-refractivity contribution < 1.29 is 8.78 Å². The average Bonchev–Trinajstić information content (AvgIpc) is 2.55. The maximum atomic E-state index is 12.6. The van der Waals surface area contributed by atoms with Gasteiger partial charge in [0.05, 0.1) is 5.02 Å². The highest BCUT2D eigenvalue weighted by atomic mass is 127. The van der Waals surface area contributed by atoms with Gasteiger partial charge in [-0.05, 0) is 34.7 Å². The Morgan fingerprint density at radius 2 is 2.07 bits per heavy atom. The van der Waals surface area contributed by atoms with E-state index < -0.39 is 6.43 Å². The summed E-state index contributed by atoms with van der Waals surface area (Å²) in [4.78, 5) is 0. The second kappa shape index (κ2) is 3.90. The van der Waals surface area contributed by atoms with E-state index in [2.05, 4.69) is 0 Å². The molecule has 0 bridgehead atoms. The van der Waals surface area contributed by atoms with Gasteiger partial charge in [0, 0.05) is 24.6 Å². The second-order valence-corrected chi connectivity index (χ2v) is 5.18. The molecule has 14 heavy (non-hydrogen) atoms. The van der Waals surface area contributed by atoms with Crippen molar-refractivity contribution in [1.29, 1.82) is 0 Å². The summed E-state index contributed by atoms with van der Waals surface area (Å²) in [5.41, 5.74) is 0.0357. The summed E-state index contributed by atoms with van der Waals surface area (Å²) in [6, 6.07) is 3.65. The van der Waals surface area contributed by atoms with Crippen molar-refractivity contribution in [3.8, 4) is 0 Å². The Morgan fingerprint density at radius 1 is 1.36 bits per heavy atom. The molecule has 2 rings (SSSR count). The Hall–Kier alpha value is 0.0600. The average molecular weight is 345 g/mol. The van der Waals surface area contributed by atoms with Crippen molar-refractivity contribution in [2.45, 2.75) is 6.43 Å². The lowest BCUT2D eigenvalue weighted by molar-refractivity contribution is 0.153. The Morgan fingerprint density at radius 3 is 2.71 bits per heavy atom. The van der Waals surface area contributed by atoms with Crippen molar-refractivity contribution in [1.82, 2.24) is 0 Å². The molecule has 0 aliphatic rings. The van der Waals surface area contributed by atoms with E-state index in [4.69, 9.17) is 11.6 Å². The zero-order valence-corrected chi connectivity index (χ0v) is 10.5. The molecule has 0 radical (unpaired) electrons. The first-order valence-corrected chi connectivity index (χ1v) is 6.08. The molecule has 5 heteroatoms. The Balaban J connectivity index is 2.82. The van der Waals surface area contributed by atoms with Gasteiger partial charge in [-0.1, -0.05) is 11.6 Å². The standard InChI is InChI=1S/C9H4ClF2IS/c10-8-5(13)1-2-6-7(8)4(3-14-6)9(11)12/h1-3,9H. The number of benzene rings is 1. The third kappa shape index (κ3) is 1.63. The van der Waals surface area contributed by atoms with E-state index in [1.807, 2.05) is 34.7 Å². The van der Waals surface area contributed by atoms with E-state index >= 15 is 0 Å². The minimum absolute atomic E-state index is 0.0357. The molecule has 1 aromatic carbocycles. The van der Waals surface area contributed by atoms with Crippen molar-refractivity contribution in [3.05, 3.63) is 31.7 Å².